The quantitative estimate of drug-likeness (QED) is 0.897. The average Bonchev–Trinajstić information content (AvgIpc) is 2.61. The van der Waals surface area contributed by atoms with Gasteiger partial charge in [0, 0.05) is 4.88 Å². The van der Waals surface area contributed by atoms with Crippen molar-refractivity contribution in [2.75, 3.05) is 5.32 Å². The lowest BCUT2D eigenvalue weighted by Gasteiger charge is -2.05. The predicted molar refractivity (Wildman–Crippen MR) is 73.3 cm³/mol. The van der Waals surface area contributed by atoms with Gasteiger partial charge in [0.1, 0.15) is 0 Å². The number of nitrogens with zero attached hydrogens (tertiary/aromatic N) is 1. The van der Waals surface area contributed by atoms with E-state index in [0.717, 1.165) is 15.7 Å². The van der Waals surface area contributed by atoms with Crippen molar-refractivity contribution in [2.45, 2.75) is 13.8 Å². The molecule has 0 saturated carbocycles. The van der Waals surface area contributed by atoms with Crippen LogP contribution in [0.5, 0.6) is 0 Å². The molecule has 0 atom stereocenters. The van der Waals surface area contributed by atoms with Crippen molar-refractivity contribution in [3.8, 4) is 0 Å². The standard InChI is InChI=1S/C12H11ClN2O2S/c1-6-7(2)18-12(14-6)15-10-4-3-8(11(16)17)5-9(10)13/h3-5H,1-2H3,(H,14,15)(H,16,17). The highest BCUT2D eigenvalue weighted by Crippen LogP contribution is 2.29. The van der Waals surface area contributed by atoms with Crippen LogP contribution in [0.2, 0.25) is 5.02 Å². The van der Waals surface area contributed by atoms with E-state index in [9.17, 15) is 4.79 Å². The second kappa shape index (κ2) is 4.96. The number of carboxylic acid groups (broad SMARTS) is 1. The summed E-state index contributed by atoms with van der Waals surface area (Å²) in [6, 6.07) is 4.56. The lowest BCUT2D eigenvalue weighted by atomic mass is 10.2. The highest BCUT2D eigenvalue weighted by atomic mass is 35.5. The van der Waals surface area contributed by atoms with E-state index >= 15 is 0 Å². The van der Waals surface area contributed by atoms with Gasteiger partial charge in [0.25, 0.3) is 0 Å². The number of anilines is 2. The normalized spacial score (nSPS) is 10.4. The smallest absolute Gasteiger partial charge is 0.335 e. The van der Waals surface area contributed by atoms with E-state index in [4.69, 9.17) is 16.7 Å². The number of carboxylic acids is 1. The maximum absolute atomic E-state index is 10.8. The van der Waals surface area contributed by atoms with E-state index in [-0.39, 0.29) is 5.56 Å². The van der Waals surface area contributed by atoms with Gasteiger partial charge in [-0.05, 0) is 32.0 Å². The lowest BCUT2D eigenvalue weighted by molar-refractivity contribution is 0.0697. The Morgan fingerprint density at radius 2 is 2.17 bits per heavy atom. The summed E-state index contributed by atoms with van der Waals surface area (Å²) in [5.41, 5.74) is 1.79. The number of aromatic carboxylic acids is 1. The molecule has 0 radical (unpaired) electrons. The summed E-state index contributed by atoms with van der Waals surface area (Å²) >= 11 is 7.55. The van der Waals surface area contributed by atoms with Crippen LogP contribution in [0.25, 0.3) is 0 Å². The van der Waals surface area contributed by atoms with Crippen LogP contribution in [0.4, 0.5) is 10.8 Å². The van der Waals surface area contributed by atoms with Gasteiger partial charge in [-0.2, -0.15) is 0 Å². The van der Waals surface area contributed by atoms with Gasteiger partial charge in [-0.25, -0.2) is 9.78 Å². The first-order chi connectivity index (χ1) is 8.47. The number of rotatable bonds is 3. The highest BCUT2D eigenvalue weighted by molar-refractivity contribution is 7.15. The Bertz CT molecular complexity index is 591. The minimum atomic E-state index is -0.996. The number of aromatic nitrogens is 1. The molecule has 2 rings (SSSR count). The molecule has 0 saturated heterocycles. The summed E-state index contributed by atoms with van der Waals surface area (Å²) in [6.07, 6.45) is 0. The Morgan fingerprint density at radius 1 is 1.44 bits per heavy atom. The van der Waals surface area contributed by atoms with E-state index in [1.54, 1.807) is 6.07 Å². The molecule has 0 aliphatic heterocycles. The Kier molecular flexibility index (Phi) is 3.54. The predicted octanol–water partition coefficient (Wildman–Crippen LogP) is 3.86. The van der Waals surface area contributed by atoms with E-state index in [1.807, 2.05) is 13.8 Å². The van der Waals surface area contributed by atoms with Crippen LogP contribution < -0.4 is 5.32 Å². The van der Waals surface area contributed by atoms with Gasteiger partial charge in [-0.1, -0.05) is 11.6 Å². The zero-order valence-electron chi connectivity index (χ0n) is 9.82. The Hall–Kier alpha value is -1.59. The SMILES string of the molecule is Cc1nc(Nc2ccc(C(=O)O)cc2Cl)sc1C. The van der Waals surface area contributed by atoms with E-state index in [0.29, 0.717) is 10.7 Å². The number of halogens is 1. The topological polar surface area (TPSA) is 62.2 Å². The van der Waals surface area contributed by atoms with Crippen LogP contribution in [-0.2, 0) is 0 Å². The number of carbonyl (C=O) groups is 1. The Balaban J connectivity index is 2.27. The summed E-state index contributed by atoms with van der Waals surface area (Å²) in [7, 11) is 0. The first-order valence-corrected chi connectivity index (χ1v) is 6.40. The second-order valence-corrected chi connectivity index (χ2v) is 5.40. The molecule has 1 heterocycles. The summed E-state index contributed by atoms with van der Waals surface area (Å²) in [4.78, 5) is 16.3. The van der Waals surface area contributed by atoms with Crippen LogP contribution in [0, 0.1) is 13.8 Å². The van der Waals surface area contributed by atoms with Crippen LogP contribution in [0.15, 0.2) is 18.2 Å². The van der Waals surface area contributed by atoms with Crippen LogP contribution >= 0.6 is 22.9 Å². The molecule has 0 aliphatic carbocycles. The second-order valence-electron chi connectivity index (χ2n) is 3.79. The van der Waals surface area contributed by atoms with Gasteiger partial charge in [-0.3, -0.25) is 0 Å². The number of hydrogen-bond acceptors (Lipinski definition) is 4. The first-order valence-electron chi connectivity index (χ1n) is 5.21. The molecule has 0 amide bonds. The van der Waals surface area contributed by atoms with Crippen molar-refractivity contribution in [2.24, 2.45) is 0 Å². The molecule has 94 valence electrons. The minimum absolute atomic E-state index is 0.164. The van der Waals surface area contributed by atoms with E-state index < -0.39 is 5.97 Å². The zero-order valence-corrected chi connectivity index (χ0v) is 11.4. The van der Waals surface area contributed by atoms with Gasteiger partial charge in [-0.15, -0.1) is 11.3 Å². The Morgan fingerprint density at radius 3 is 2.67 bits per heavy atom. The molecule has 2 aromatic rings. The van der Waals surface area contributed by atoms with Crippen LogP contribution in [0.1, 0.15) is 20.9 Å². The summed E-state index contributed by atoms with van der Waals surface area (Å²) in [5.74, 6) is -0.996. The minimum Gasteiger partial charge on any atom is -0.478 e. The number of benzene rings is 1. The summed E-state index contributed by atoms with van der Waals surface area (Å²) in [6.45, 7) is 3.93. The van der Waals surface area contributed by atoms with Gasteiger partial charge in [0.2, 0.25) is 0 Å². The van der Waals surface area contributed by atoms with Crippen LogP contribution in [0.3, 0.4) is 0 Å². The van der Waals surface area contributed by atoms with Gasteiger partial charge in [0.05, 0.1) is 22.0 Å². The average molecular weight is 283 g/mol. The summed E-state index contributed by atoms with van der Waals surface area (Å²) in [5, 5.41) is 13.0. The fourth-order valence-electron chi connectivity index (χ4n) is 1.39. The van der Waals surface area contributed by atoms with Crippen molar-refractivity contribution in [3.63, 3.8) is 0 Å². The monoisotopic (exact) mass is 282 g/mol. The molecule has 1 aromatic carbocycles. The number of hydrogen-bond donors (Lipinski definition) is 2. The van der Waals surface area contributed by atoms with Gasteiger partial charge < -0.3 is 10.4 Å². The van der Waals surface area contributed by atoms with E-state index in [1.165, 1.54) is 23.5 Å². The maximum atomic E-state index is 10.8. The number of thiazole rings is 1. The molecule has 0 unspecified atom stereocenters. The molecule has 1 aromatic heterocycles. The third-order valence-electron chi connectivity index (χ3n) is 2.49. The largest absolute Gasteiger partial charge is 0.478 e. The van der Waals surface area contributed by atoms with Crippen LogP contribution in [-0.4, -0.2) is 16.1 Å². The molecule has 18 heavy (non-hydrogen) atoms. The zero-order chi connectivity index (χ0) is 13.3. The molecule has 0 bridgehead atoms. The number of nitrogens with one attached hydrogen (secondary N) is 1. The molecule has 0 fully saturated rings. The molecule has 2 N–H and O–H groups in total. The van der Waals surface area contributed by atoms with Crippen molar-refractivity contribution >= 4 is 39.7 Å². The Labute approximate surface area is 113 Å². The highest BCUT2D eigenvalue weighted by Gasteiger charge is 2.09. The molecular formula is C12H11ClN2O2S. The van der Waals surface area contributed by atoms with Crippen molar-refractivity contribution in [3.05, 3.63) is 39.4 Å². The van der Waals surface area contributed by atoms with Crippen molar-refractivity contribution < 1.29 is 9.90 Å². The molecule has 0 aliphatic rings. The molecule has 4 nitrogen and oxygen atoms in total. The van der Waals surface area contributed by atoms with Crippen molar-refractivity contribution in [1.29, 1.82) is 0 Å². The molecular weight excluding hydrogens is 272 g/mol. The van der Waals surface area contributed by atoms with E-state index in [2.05, 4.69) is 10.3 Å². The molecule has 6 heteroatoms. The van der Waals surface area contributed by atoms with Gasteiger partial charge >= 0.3 is 5.97 Å². The van der Waals surface area contributed by atoms with Crippen molar-refractivity contribution in [1.82, 2.24) is 4.98 Å². The third kappa shape index (κ3) is 2.63. The maximum Gasteiger partial charge on any atom is 0.335 e. The lowest BCUT2D eigenvalue weighted by Crippen LogP contribution is -1.97. The fourth-order valence-corrected chi connectivity index (χ4v) is 2.45. The number of aryl methyl sites for hydroxylation is 2. The fraction of sp³-hybridized carbons (Fsp3) is 0.167. The molecule has 0 spiro atoms. The summed E-state index contributed by atoms with van der Waals surface area (Å²) < 4.78 is 0. The first kappa shape index (κ1) is 12.9. The third-order valence-corrected chi connectivity index (χ3v) is 3.79. The van der Waals surface area contributed by atoms with Gasteiger partial charge in [0.15, 0.2) is 5.13 Å².